The van der Waals surface area contributed by atoms with Crippen molar-refractivity contribution in [1.82, 2.24) is 9.71 Å². The van der Waals surface area contributed by atoms with Crippen LogP contribution >= 0.6 is 0 Å². The number of sulfonamides is 1. The highest BCUT2D eigenvalue weighted by atomic mass is 32.2. The van der Waals surface area contributed by atoms with E-state index in [1.807, 2.05) is 4.72 Å². The van der Waals surface area contributed by atoms with Gasteiger partial charge in [0.25, 0.3) is 5.91 Å². The van der Waals surface area contributed by atoms with E-state index < -0.39 is 27.9 Å². The summed E-state index contributed by atoms with van der Waals surface area (Å²) in [6.07, 6.45) is 0.516. The zero-order valence-electron chi connectivity index (χ0n) is 13.8. The predicted molar refractivity (Wildman–Crippen MR) is 92.0 cm³/mol. The van der Waals surface area contributed by atoms with Gasteiger partial charge >= 0.3 is 0 Å². The lowest BCUT2D eigenvalue weighted by Crippen LogP contribution is -2.32. The Morgan fingerprint density at radius 1 is 1.19 bits per heavy atom. The lowest BCUT2D eigenvalue weighted by Gasteiger charge is -2.11. The second kappa shape index (κ2) is 8.84. The largest absolute Gasteiger partial charge is 0.390 e. The van der Waals surface area contributed by atoms with E-state index in [1.165, 1.54) is 42.6 Å². The summed E-state index contributed by atoms with van der Waals surface area (Å²) < 4.78 is 38.7. The summed E-state index contributed by atoms with van der Waals surface area (Å²) >= 11 is 0. The molecule has 3 N–H and O–H groups in total. The fourth-order valence-electron chi connectivity index (χ4n) is 2.22. The first-order valence-electron chi connectivity index (χ1n) is 7.85. The molecule has 2 aromatic rings. The molecule has 0 saturated heterocycles. The summed E-state index contributed by atoms with van der Waals surface area (Å²) in [5.41, 5.74) is 0.902. The second-order valence-corrected chi connectivity index (χ2v) is 7.50. The summed E-state index contributed by atoms with van der Waals surface area (Å²) in [4.78, 5) is 15.7. The average Bonchev–Trinajstić information content (AvgIpc) is 2.61. The highest BCUT2D eigenvalue weighted by Gasteiger charge is 2.17. The van der Waals surface area contributed by atoms with Crippen LogP contribution in [0.3, 0.4) is 0 Å². The molecule has 1 unspecified atom stereocenters. The molecule has 0 fully saturated rings. The zero-order chi connectivity index (χ0) is 19.2. The third kappa shape index (κ3) is 5.87. The van der Waals surface area contributed by atoms with E-state index in [-0.39, 0.29) is 30.8 Å². The van der Waals surface area contributed by atoms with Gasteiger partial charge in [-0.1, -0.05) is 12.1 Å². The van der Waals surface area contributed by atoms with Crippen molar-refractivity contribution in [3.8, 4) is 0 Å². The summed E-state index contributed by atoms with van der Waals surface area (Å²) in [7, 11) is -3.88. The number of aliphatic hydroxyl groups is 2. The first kappa shape index (κ1) is 20.0. The number of carbonyl (C=O) groups excluding carboxylic acids is 1. The minimum absolute atomic E-state index is 0.0529. The fraction of sp³-hybridized carbons (Fsp3) is 0.294. The summed E-state index contributed by atoms with van der Waals surface area (Å²) in [6, 6.07) is 8.07. The van der Waals surface area contributed by atoms with Crippen molar-refractivity contribution in [2.45, 2.75) is 25.6 Å². The number of amides is 1. The van der Waals surface area contributed by atoms with Gasteiger partial charge in [-0.15, -0.1) is 0 Å². The molecule has 7 nitrogen and oxygen atoms in total. The Hall–Kier alpha value is -2.36. The van der Waals surface area contributed by atoms with Crippen molar-refractivity contribution in [2.75, 3.05) is 5.75 Å². The minimum Gasteiger partial charge on any atom is -0.390 e. The highest BCUT2D eigenvalue weighted by Crippen LogP contribution is 2.18. The number of halogens is 1. The Kier molecular flexibility index (Phi) is 6.78. The van der Waals surface area contributed by atoms with Crippen molar-refractivity contribution < 1.29 is 27.8 Å². The molecule has 1 amide bonds. The fourth-order valence-corrected chi connectivity index (χ4v) is 3.27. The molecule has 26 heavy (non-hydrogen) atoms. The topological polar surface area (TPSA) is 117 Å². The molecular formula is C17H19FN2O5S. The lowest BCUT2D eigenvalue weighted by molar-refractivity contribution is 0.0981. The van der Waals surface area contributed by atoms with Crippen LogP contribution in [0.15, 0.2) is 42.6 Å². The van der Waals surface area contributed by atoms with Gasteiger partial charge in [0.1, 0.15) is 5.82 Å². The van der Waals surface area contributed by atoms with Crippen LogP contribution in [0.2, 0.25) is 0 Å². The van der Waals surface area contributed by atoms with Crippen molar-refractivity contribution in [1.29, 1.82) is 0 Å². The maximum atomic E-state index is 12.8. The normalized spacial score (nSPS) is 12.6. The Morgan fingerprint density at radius 2 is 1.88 bits per heavy atom. The minimum atomic E-state index is -3.88. The van der Waals surface area contributed by atoms with Crippen LogP contribution in [0.5, 0.6) is 0 Å². The van der Waals surface area contributed by atoms with Gasteiger partial charge in [0.15, 0.2) is 0 Å². The molecule has 0 radical (unpaired) electrons. The van der Waals surface area contributed by atoms with Crippen LogP contribution in [0, 0.1) is 5.82 Å². The molecule has 1 heterocycles. The molecule has 1 atom stereocenters. The summed E-state index contributed by atoms with van der Waals surface area (Å²) in [5.74, 6) is -1.59. The number of carbonyl (C=O) groups is 1. The standard InChI is InChI=1S/C17H19FN2O5S/c18-14-6-3-12(4-7-14)16(22)2-1-9-26(24,25)20-17(23)13-5-8-15(11-21)19-10-13/h3-8,10,16,21-22H,1-2,9,11H2,(H,20,23). The number of nitrogens with zero attached hydrogens (tertiary/aromatic N) is 1. The molecule has 0 saturated carbocycles. The van der Waals surface area contributed by atoms with E-state index in [2.05, 4.69) is 4.98 Å². The quantitative estimate of drug-likeness (QED) is 0.633. The molecule has 0 aliphatic heterocycles. The third-order valence-electron chi connectivity index (χ3n) is 3.64. The molecule has 0 aliphatic carbocycles. The van der Waals surface area contributed by atoms with E-state index in [0.29, 0.717) is 11.3 Å². The molecule has 1 aromatic heterocycles. The Bertz CT molecular complexity index is 838. The van der Waals surface area contributed by atoms with Crippen LogP contribution in [0.1, 0.15) is 40.6 Å². The molecule has 1 aromatic carbocycles. The molecule has 0 spiro atoms. The molecular weight excluding hydrogens is 363 g/mol. The molecule has 9 heteroatoms. The second-order valence-electron chi connectivity index (χ2n) is 5.66. The lowest BCUT2D eigenvalue weighted by atomic mass is 10.1. The van der Waals surface area contributed by atoms with Gasteiger partial charge in [0, 0.05) is 6.20 Å². The van der Waals surface area contributed by atoms with Gasteiger partial charge in [-0.3, -0.25) is 9.78 Å². The van der Waals surface area contributed by atoms with Crippen LogP contribution in [0.25, 0.3) is 0 Å². The molecule has 140 valence electrons. The molecule has 0 aliphatic rings. The van der Waals surface area contributed by atoms with Gasteiger partial charge in [-0.2, -0.15) is 0 Å². The Morgan fingerprint density at radius 3 is 2.46 bits per heavy atom. The number of pyridine rings is 1. The van der Waals surface area contributed by atoms with Gasteiger partial charge in [-0.05, 0) is 42.7 Å². The number of nitrogens with one attached hydrogen (secondary N) is 1. The summed E-state index contributed by atoms with van der Waals surface area (Å²) in [6.45, 7) is -0.281. The number of hydrogen-bond donors (Lipinski definition) is 3. The van der Waals surface area contributed by atoms with Crippen molar-refractivity contribution >= 4 is 15.9 Å². The van der Waals surface area contributed by atoms with E-state index >= 15 is 0 Å². The van der Waals surface area contributed by atoms with Crippen molar-refractivity contribution in [3.05, 3.63) is 65.2 Å². The van der Waals surface area contributed by atoms with Crippen molar-refractivity contribution in [3.63, 3.8) is 0 Å². The number of rotatable bonds is 8. The number of aliphatic hydroxyl groups excluding tert-OH is 2. The van der Waals surface area contributed by atoms with Crippen LogP contribution in [-0.2, 0) is 16.6 Å². The third-order valence-corrected chi connectivity index (χ3v) is 4.97. The predicted octanol–water partition coefficient (Wildman–Crippen LogP) is 1.29. The highest BCUT2D eigenvalue weighted by molar-refractivity contribution is 7.90. The van der Waals surface area contributed by atoms with E-state index in [9.17, 15) is 22.7 Å². The van der Waals surface area contributed by atoms with Gasteiger partial charge in [-0.25, -0.2) is 17.5 Å². The van der Waals surface area contributed by atoms with E-state index in [0.717, 1.165) is 0 Å². The smallest absolute Gasteiger partial charge is 0.266 e. The van der Waals surface area contributed by atoms with E-state index in [1.54, 1.807) is 0 Å². The van der Waals surface area contributed by atoms with Gasteiger partial charge in [0.2, 0.25) is 10.0 Å². The van der Waals surface area contributed by atoms with Crippen molar-refractivity contribution in [2.24, 2.45) is 0 Å². The van der Waals surface area contributed by atoms with Crippen LogP contribution in [-0.4, -0.2) is 35.3 Å². The zero-order valence-corrected chi connectivity index (χ0v) is 14.6. The number of aromatic nitrogens is 1. The van der Waals surface area contributed by atoms with Crippen LogP contribution < -0.4 is 4.72 Å². The maximum Gasteiger partial charge on any atom is 0.266 e. The van der Waals surface area contributed by atoms with Gasteiger partial charge in [0.05, 0.1) is 29.7 Å². The van der Waals surface area contributed by atoms with Crippen LogP contribution in [0.4, 0.5) is 4.39 Å². The number of benzene rings is 1. The SMILES string of the molecule is O=C(NS(=O)(=O)CCCC(O)c1ccc(F)cc1)c1ccc(CO)nc1. The Balaban J connectivity index is 1.85. The number of hydrogen-bond acceptors (Lipinski definition) is 6. The summed E-state index contributed by atoms with van der Waals surface area (Å²) in [5, 5.41) is 18.9. The first-order valence-corrected chi connectivity index (χ1v) is 9.50. The average molecular weight is 382 g/mol. The maximum absolute atomic E-state index is 12.8. The monoisotopic (exact) mass is 382 g/mol. The molecule has 2 rings (SSSR count). The Labute approximate surface area is 150 Å². The molecule has 0 bridgehead atoms. The van der Waals surface area contributed by atoms with E-state index in [4.69, 9.17) is 5.11 Å². The first-order chi connectivity index (χ1) is 12.3. The van der Waals surface area contributed by atoms with Gasteiger partial charge < -0.3 is 10.2 Å².